The van der Waals surface area contributed by atoms with Gasteiger partial charge in [-0.3, -0.25) is 0 Å². The van der Waals surface area contributed by atoms with Crippen LogP contribution in [0.1, 0.15) is 5.82 Å². The Morgan fingerprint density at radius 1 is 1.44 bits per heavy atom. The SMILES string of the molecule is COc1cnc(-n2cnc(C#N)n2)c2[nH]ccc12. The van der Waals surface area contributed by atoms with Crippen LogP contribution in [0.25, 0.3) is 16.7 Å². The molecule has 0 aliphatic rings. The standard InChI is InChI=1S/C11H8N6O/c1-18-8-5-14-11(10-7(8)2-3-13-10)17-6-15-9(4-12)16-17/h2-3,5-6,13H,1H3. The molecule has 3 rings (SSSR count). The number of nitrogens with zero attached hydrogens (tertiary/aromatic N) is 5. The highest BCUT2D eigenvalue weighted by atomic mass is 16.5. The van der Waals surface area contributed by atoms with Gasteiger partial charge in [-0.1, -0.05) is 0 Å². The molecule has 0 bridgehead atoms. The Hall–Kier alpha value is -2.88. The summed E-state index contributed by atoms with van der Waals surface area (Å²) in [7, 11) is 1.59. The van der Waals surface area contributed by atoms with E-state index in [1.54, 1.807) is 19.5 Å². The summed E-state index contributed by atoms with van der Waals surface area (Å²) in [5, 5.41) is 13.6. The number of pyridine rings is 1. The van der Waals surface area contributed by atoms with Gasteiger partial charge in [-0.2, -0.15) is 9.94 Å². The largest absolute Gasteiger partial charge is 0.494 e. The van der Waals surface area contributed by atoms with Crippen molar-refractivity contribution >= 4 is 10.9 Å². The second-order valence-electron chi connectivity index (χ2n) is 3.54. The molecular weight excluding hydrogens is 232 g/mol. The highest BCUT2D eigenvalue weighted by Crippen LogP contribution is 2.26. The minimum Gasteiger partial charge on any atom is -0.494 e. The van der Waals surface area contributed by atoms with Gasteiger partial charge in [0, 0.05) is 11.6 Å². The molecule has 0 radical (unpaired) electrons. The van der Waals surface area contributed by atoms with Crippen molar-refractivity contribution in [3.63, 3.8) is 0 Å². The van der Waals surface area contributed by atoms with Crippen molar-refractivity contribution in [2.45, 2.75) is 0 Å². The van der Waals surface area contributed by atoms with Gasteiger partial charge < -0.3 is 9.72 Å². The highest BCUT2D eigenvalue weighted by molar-refractivity contribution is 5.90. The van der Waals surface area contributed by atoms with E-state index in [2.05, 4.69) is 20.1 Å². The van der Waals surface area contributed by atoms with E-state index >= 15 is 0 Å². The summed E-state index contributed by atoms with van der Waals surface area (Å²) < 4.78 is 6.68. The van der Waals surface area contributed by atoms with Crippen molar-refractivity contribution in [2.24, 2.45) is 0 Å². The van der Waals surface area contributed by atoms with Crippen LogP contribution in [-0.2, 0) is 0 Å². The fourth-order valence-corrected chi connectivity index (χ4v) is 1.77. The topological polar surface area (TPSA) is 92.4 Å². The molecule has 0 unspecified atom stereocenters. The maximum atomic E-state index is 8.72. The van der Waals surface area contributed by atoms with E-state index < -0.39 is 0 Å². The van der Waals surface area contributed by atoms with Gasteiger partial charge >= 0.3 is 0 Å². The zero-order valence-corrected chi connectivity index (χ0v) is 9.45. The molecule has 0 fully saturated rings. The Balaban J connectivity index is 2.24. The third-order valence-corrected chi connectivity index (χ3v) is 2.57. The molecule has 7 heteroatoms. The summed E-state index contributed by atoms with van der Waals surface area (Å²) >= 11 is 0. The van der Waals surface area contributed by atoms with Crippen LogP contribution in [0.15, 0.2) is 24.8 Å². The first-order valence-corrected chi connectivity index (χ1v) is 5.15. The van der Waals surface area contributed by atoms with Crippen molar-refractivity contribution in [2.75, 3.05) is 7.11 Å². The van der Waals surface area contributed by atoms with Crippen LogP contribution in [-0.4, -0.2) is 31.8 Å². The number of hydrogen-bond donors (Lipinski definition) is 1. The molecule has 7 nitrogen and oxygen atoms in total. The van der Waals surface area contributed by atoms with E-state index in [4.69, 9.17) is 10.00 Å². The highest BCUT2D eigenvalue weighted by Gasteiger charge is 2.12. The molecule has 3 aromatic heterocycles. The number of aromatic amines is 1. The average Bonchev–Trinajstić information content (AvgIpc) is 3.06. The van der Waals surface area contributed by atoms with Gasteiger partial charge in [0.05, 0.1) is 18.8 Å². The van der Waals surface area contributed by atoms with Gasteiger partial charge in [0.1, 0.15) is 18.1 Å². The van der Waals surface area contributed by atoms with Gasteiger partial charge in [0.2, 0.25) is 0 Å². The van der Waals surface area contributed by atoms with Crippen LogP contribution in [0, 0.1) is 11.3 Å². The lowest BCUT2D eigenvalue weighted by molar-refractivity contribution is 0.418. The first-order chi connectivity index (χ1) is 8.83. The van der Waals surface area contributed by atoms with Crippen molar-refractivity contribution in [3.8, 4) is 17.6 Å². The van der Waals surface area contributed by atoms with Crippen LogP contribution in [0.3, 0.4) is 0 Å². The quantitative estimate of drug-likeness (QED) is 0.722. The van der Waals surface area contributed by atoms with E-state index in [1.807, 2.05) is 12.1 Å². The lowest BCUT2D eigenvalue weighted by Crippen LogP contribution is -2.00. The third kappa shape index (κ3) is 1.40. The van der Waals surface area contributed by atoms with E-state index in [0.29, 0.717) is 11.6 Å². The average molecular weight is 240 g/mol. The summed E-state index contributed by atoms with van der Waals surface area (Å²) in [5.41, 5.74) is 0.781. The van der Waals surface area contributed by atoms with Crippen molar-refractivity contribution in [1.29, 1.82) is 5.26 Å². The van der Waals surface area contributed by atoms with Crippen molar-refractivity contribution in [1.82, 2.24) is 24.7 Å². The van der Waals surface area contributed by atoms with E-state index in [9.17, 15) is 0 Å². The summed E-state index contributed by atoms with van der Waals surface area (Å²) in [6.07, 6.45) is 4.85. The first kappa shape index (κ1) is 10.3. The lowest BCUT2D eigenvalue weighted by Gasteiger charge is -2.05. The molecule has 0 spiro atoms. The van der Waals surface area contributed by atoms with Crippen LogP contribution in [0.4, 0.5) is 0 Å². The molecular formula is C11H8N6O. The van der Waals surface area contributed by atoms with Gasteiger partial charge in [0.15, 0.2) is 5.82 Å². The smallest absolute Gasteiger partial charge is 0.252 e. The summed E-state index contributed by atoms with van der Waals surface area (Å²) in [6.45, 7) is 0. The third-order valence-electron chi connectivity index (χ3n) is 2.57. The monoisotopic (exact) mass is 240 g/mol. The zero-order valence-electron chi connectivity index (χ0n) is 9.45. The van der Waals surface area contributed by atoms with E-state index in [-0.39, 0.29) is 5.82 Å². The fourth-order valence-electron chi connectivity index (χ4n) is 1.77. The lowest BCUT2D eigenvalue weighted by atomic mass is 10.3. The number of nitrogens with one attached hydrogen (secondary N) is 1. The zero-order chi connectivity index (χ0) is 12.5. The maximum absolute atomic E-state index is 8.72. The fraction of sp³-hybridized carbons (Fsp3) is 0.0909. The normalized spacial score (nSPS) is 10.4. The molecule has 0 aliphatic carbocycles. The second kappa shape index (κ2) is 3.85. The Bertz CT molecular complexity index is 750. The molecule has 88 valence electrons. The van der Waals surface area contributed by atoms with Crippen LogP contribution in [0.2, 0.25) is 0 Å². The molecule has 0 atom stereocenters. The number of ether oxygens (including phenoxy) is 1. The minimum atomic E-state index is 0.104. The Labute approximate surface area is 102 Å². The number of H-pyrrole nitrogens is 1. The van der Waals surface area contributed by atoms with Gasteiger partial charge in [-0.25, -0.2) is 9.97 Å². The maximum Gasteiger partial charge on any atom is 0.252 e. The predicted octanol–water partition coefficient (Wildman–Crippen LogP) is 1.02. The Morgan fingerprint density at radius 2 is 2.33 bits per heavy atom. The summed E-state index contributed by atoms with van der Waals surface area (Å²) in [5.74, 6) is 1.35. The molecule has 3 heterocycles. The molecule has 0 aliphatic heterocycles. The van der Waals surface area contributed by atoms with E-state index in [1.165, 1.54) is 11.0 Å². The van der Waals surface area contributed by atoms with Crippen molar-refractivity contribution < 1.29 is 4.74 Å². The number of fused-ring (bicyclic) bond motifs is 1. The number of methoxy groups -OCH3 is 1. The number of aromatic nitrogens is 5. The van der Waals surface area contributed by atoms with E-state index in [0.717, 1.165) is 10.9 Å². The number of hydrogen-bond acceptors (Lipinski definition) is 5. The van der Waals surface area contributed by atoms with Gasteiger partial charge in [-0.05, 0) is 6.07 Å². The number of nitriles is 1. The molecule has 18 heavy (non-hydrogen) atoms. The predicted molar refractivity (Wildman–Crippen MR) is 62.3 cm³/mol. The second-order valence-corrected chi connectivity index (χ2v) is 3.54. The summed E-state index contributed by atoms with van der Waals surface area (Å²) in [6, 6.07) is 3.77. The molecule has 0 amide bonds. The first-order valence-electron chi connectivity index (χ1n) is 5.15. The molecule has 3 aromatic rings. The van der Waals surface area contributed by atoms with Crippen molar-refractivity contribution in [3.05, 3.63) is 30.6 Å². The van der Waals surface area contributed by atoms with Crippen LogP contribution in [0.5, 0.6) is 5.75 Å². The van der Waals surface area contributed by atoms with Gasteiger partial charge in [0.25, 0.3) is 5.82 Å². The molecule has 0 aromatic carbocycles. The molecule has 0 saturated heterocycles. The summed E-state index contributed by atoms with van der Waals surface area (Å²) in [4.78, 5) is 11.2. The molecule has 1 N–H and O–H groups in total. The Morgan fingerprint density at radius 3 is 3.06 bits per heavy atom. The van der Waals surface area contributed by atoms with Gasteiger partial charge in [-0.15, -0.1) is 5.10 Å². The van der Waals surface area contributed by atoms with Crippen LogP contribution >= 0.6 is 0 Å². The Kier molecular flexibility index (Phi) is 2.20. The van der Waals surface area contributed by atoms with Crippen LogP contribution < -0.4 is 4.74 Å². The number of rotatable bonds is 2. The molecule has 0 saturated carbocycles. The minimum absolute atomic E-state index is 0.104.